The van der Waals surface area contributed by atoms with Crippen LogP contribution in [0.4, 0.5) is 10.6 Å². The van der Waals surface area contributed by atoms with Gasteiger partial charge in [-0.1, -0.05) is 18.2 Å². The molecule has 1 aromatic carbocycles. The Morgan fingerprint density at radius 3 is 2.52 bits per heavy atom. The van der Waals surface area contributed by atoms with E-state index in [1.54, 1.807) is 12.0 Å². The standard InChI is InChI=1S/C21H26N4O2/c1-23(2)21(26)25-13-16-12-24(19-6-4-5-11-22-19)14-18(16)20(25)15-7-9-17(27-3)10-8-15/h4-11,16,18,20H,12-14H2,1-3H3/t16-,18-,20+/m1/s1. The van der Waals surface area contributed by atoms with E-state index >= 15 is 0 Å². The van der Waals surface area contributed by atoms with Gasteiger partial charge in [-0.05, 0) is 29.8 Å². The zero-order valence-electron chi connectivity index (χ0n) is 16.1. The van der Waals surface area contributed by atoms with Crippen molar-refractivity contribution in [3.8, 4) is 5.75 Å². The van der Waals surface area contributed by atoms with Gasteiger partial charge in [-0.25, -0.2) is 9.78 Å². The largest absolute Gasteiger partial charge is 0.497 e. The van der Waals surface area contributed by atoms with Crippen LogP contribution in [0.1, 0.15) is 11.6 Å². The SMILES string of the molecule is COc1ccc([C@H]2[C@@H]3CN(c4ccccn4)C[C@@H]3CN2C(=O)N(C)C)cc1. The van der Waals surface area contributed by atoms with E-state index in [0.29, 0.717) is 11.8 Å². The number of aromatic nitrogens is 1. The summed E-state index contributed by atoms with van der Waals surface area (Å²) in [5.74, 6) is 2.69. The van der Waals surface area contributed by atoms with Crippen molar-refractivity contribution >= 4 is 11.8 Å². The summed E-state index contributed by atoms with van der Waals surface area (Å²) in [4.78, 5) is 23.4. The molecule has 2 aromatic rings. The fraction of sp³-hybridized carbons (Fsp3) is 0.429. The second-order valence-electron chi connectivity index (χ2n) is 7.56. The smallest absolute Gasteiger partial charge is 0.320 e. The first kappa shape index (κ1) is 17.6. The van der Waals surface area contributed by atoms with Gasteiger partial charge in [0.1, 0.15) is 11.6 Å². The summed E-state index contributed by atoms with van der Waals surface area (Å²) in [5, 5.41) is 0. The molecule has 3 atom stereocenters. The van der Waals surface area contributed by atoms with Gasteiger partial charge in [0, 0.05) is 51.8 Å². The molecule has 2 aliphatic rings. The first-order chi connectivity index (χ1) is 13.1. The number of amides is 2. The molecule has 2 saturated heterocycles. The number of carbonyl (C=O) groups excluding carboxylic acids is 1. The fourth-order valence-electron chi connectivity index (χ4n) is 4.45. The summed E-state index contributed by atoms with van der Waals surface area (Å²) in [5.41, 5.74) is 1.17. The minimum absolute atomic E-state index is 0.0736. The van der Waals surface area contributed by atoms with Crippen LogP contribution in [-0.4, -0.2) is 61.7 Å². The third-order valence-electron chi connectivity index (χ3n) is 5.72. The highest BCUT2D eigenvalue weighted by molar-refractivity contribution is 5.75. The Morgan fingerprint density at radius 2 is 1.89 bits per heavy atom. The van der Waals surface area contributed by atoms with Crippen LogP contribution in [0.25, 0.3) is 0 Å². The highest BCUT2D eigenvalue weighted by Crippen LogP contribution is 2.46. The quantitative estimate of drug-likeness (QED) is 0.838. The molecule has 0 aliphatic carbocycles. The number of ether oxygens (including phenoxy) is 1. The lowest BCUT2D eigenvalue weighted by Crippen LogP contribution is -2.41. The van der Waals surface area contributed by atoms with Crippen molar-refractivity contribution in [2.45, 2.75) is 6.04 Å². The lowest BCUT2D eigenvalue weighted by atomic mass is 9.89. The Kier molecular flexibility index (Phi) is 4.64. The molecule has 2 aliphatic heterocycles. The van der Waals surface area contributed by atoms with Gasteiger partial charge in [0.2, 0.25) is 0 Å². The van der Waals surface area contributed by atoms with E-state index in [-0.39, 0.29) is 12.1 Å². The van der Waals surface area contributed by atoms with Gasteiger partial charge in [0.15, 0.2) is 0 Å². The average Bonchev–Trinajstić information content (AvgIpc) is 3.26. The minimum Gasteiger partial charge on any atom is -0.497 e. The predicted molar refractivity (Wildman–Crippen MR) is 105 cm³/mol. The van der Waals surface area contributed by atoms with E-state index in [0.717, 1.165) is 31.2 Å². The molecule has 6 heteroatoms. The molecule has 0 radical (unpaired) electrons. The van der Waals surface area contributed by atoms with Crippen molar-refractivity contribution in [3.63, 3.8) is 0 Å². The van der Waals surface area contributed by atoms with Gasteiger partial charge in [-0.3, -0.25) is 0 Å². The molecular formula is C21H26N4O2. The van der Waals surface area contributed by atoms with Crippen LogP contribution in [0.15, 0.2) is 48.7 Å². The van der Waals surface area contributed by atoms with Crippen molar-refractivity contribution in [3.05, 3.63) is 54.2 Å². The summed E-state index contributed by atoms with van der Waals surface area (Å²) >= 11 is 0. The Morgan fingerprint density at radius 1 is 1.11 bits per heavy atom. The van der Waals surface area contributed by atoms with Crippen LogP contribution in [0.3, 0.4) is 0 Å². The summed E-state index contributed by atoms with van der Waals surface area (Å²) in [7, 11) is 5.31. The highest BCUT2D eigenvalue weighted by Gasteiger charge is 2.49. The maximum Gasteiger partial charge on any atom is 0.320 e. The average molecular weight is 366 g/mol. The van der Waals surface area contributed by atoms with Gasteiger partial charge < -0.3 is 19.4 Å². The van der Waals surface area contributed by atoms with E-state index in [9.17, 15) is 4.79 Å². The number of fused-ring (bicyclic) bond motifs is 1. The molecule has 142 valence electrons. The van der Waals surface area contributed by atoms with Crippen molar-refractivity contribution in [2.75, 3.05) is 45.7 Å². The molecule has 1 aromatic heterocycles. The lowest BCUT2D eigenvalue weighted by Gasteiger charge is -2.32. The van der Waals surface area contributed by atoms with Crippen LogP contribution in [0.5, 0.6) is 5.75 Å². The summed E-state index contributed by atoms with van der Waals surface area (Å²) < 4.78 is 5.30. The van der Waals surface area contributed by atoms with Crippen LogP contribution >= 0.6 is 0 Å². The molecule has 3 heterocycles. The number of pyridine rings is 1. The molecule has 2 amide bonds. The normalized spacial score (nSPS) is 24.0. The predicted octanol–water partition coefficient (Wildman–Crippen LogP) is 2.88. The monoisotopic (exact) mass is 366 g/mol. The molecule has 2 fully saturated rings. The summed E-state index contributed by atoms with van der Waals surface area (Å²) in [6.07, 6.45) is 1.84. The summed E-state index contributed by atoms with van der Waals surface area (Å²) in [6, 6.07) is 14.3. The second-order valence-corrected chi connectivity index (χ2v) is 7.56. The minimum atomic E-state index is 0.0736. The number of methoxy groups -OCH3 is 1. The van der Waals surface area contributed by atoms with Gasteiger partial charge in [0.05, 0.1) is 13.2 Å². The topological polar surface area (TPSA) is 48.9 Å². The number of likely N-dealkylation sites (tertiary alicyclic amines) is 1. The molecule has 0 bridgehead atoms. The Hall–Kier alpha value is -2.76. The van der Waals surface area contributed by atoms with Crippen molar-refractivity contribution in [1.29, 1.82) is 0 Å². The van der Waals surface area contributed by atoms with Crippen molar-refractivity contribution in [2.24, 2.45) is 11.8 Å². The van der Waals surface area contributed by atoms with Crippen molar-refractivity contribution < 1.29 is 9.53 Å². The van der Waals surface area contributed by atoms with Crippen LogP contribution < -0.4 is 9.64 Å². The Balaban J connectivity index is 1.63. The number of urea groups is 1. The molecule has 6 nitrogen and oxygen atoms in total. The number of nitrogens with zero attached hydrogens (tertiary/aromatic N) is 4. The summed E-state index contributed by atoms with van der Waals surface area (Å²) in [6.45, 7) is 2.63. The lowest BCUT2D eigenvalue weighted by molar-refractivity contribution is 0.159. The molecule has 4 rings (SSSR count). The maximum atomic E-state index is 12.8. The third-order valence-corrected chi connectivity index (χ3v) is 5.72. The maximum absolute atomic E-state index is 12.8. The van der Waals surface area contributed by atoms with E-state index < -0.39 is 0 Å². The van der Waals surface area contributed by atoms with Crippen LogP contribution in [0, 0.1) is 11.8 Å². The number of carbonyl (C=O) groups is 1. The third kappa shape index (κ3) is 3.20. The molecule has 0 N–H and O–H groups in total. The number of hydrogen-bond acceptors (Lipinski definition) is 4. The fourth-order valence-corrected chi connectivity index (χ4v) is 4.45. The first-order valence-electron chi connectivity index (χ1n) is 9.36. The van der Waals surface area contributed by atoms with Gasteiger partial charge in [0.25, 0.3) is 0 Å². The van der Waals surface area contributed by atoms with E-state index in [4.69, 9.17) is 4.74 Å². The van der Waals surface area contributed by atoms with Crippen molar-refractivity contribution in [1.82, 2.24) is 14.8 Å². The van der Waals surface area contributed by atoms with Crippen LogP contribution in [0.2, 0.25) is 0 Å². The highest BCUT2D eigenvalue weighted by atomic mass is 16.5. The van der Waals surface area contributed by atoms with Gasteiger partial charge in [-0.2, -0.15) is 0 Å². The van der Waals surface area contributed by atoms with E-state index in [2.05, 4.69) is 28.1 Å². The number of benzene rings is 1. The van der Waals surface area contributed by atoms with E-state index in [1.807, 2.05) is 49.5 Å². The van der Waals surface area contributed by atoms with Gasteiger partial charge in [-0.15, -0.1) is 0 Å². The molecular weight excluding hydrogens is 340 g/mol. The number of anilines is 1. The first-order valence-corrected chi connectivity index (χ1v) is 9.36. The Labute approximate surface area is 160 Å². The Bertz CT molecular complexity index is 794. The second kappa shape index (κ2) is 7.10. The van der Waals surface area contributed by atoms with Gasteiger partial charge >= 0.3 is 6.03 Å². The molecule has 27 heavy (non-hydrogen) atoms. The zero-order chi connectivity index (χ0) is 19.0. The molecule has 0 spiro atoms. The number of rotatable bonds is 3. The van der Waals surface area contributed by atoms with E-state index in [1.165, 1.54) is 5.56 Å². The number of hydrogen-bond donors (Lipinski definition) is 0. The zero-order valence-corrected chi connectivity index (χ0v) is 16.1. The molecule has 0 saturated carbocycles. The molecule has 0 unspecified atom stereocenters. The van der Waals surface area contributed by atoms with Crippen LogP contribution in [-0.2, 0) is 0 Å².